The lowest BCUT2D eigenvalue weighted by Crippen LogP contribution is -2.25. The van der Waals surface area contributed by atoms with Gasteiger partial charge in [0.2, 0.25) is 0 Å². The summed E-state index contributed by atoms with van der Waals surface area (Å²) in [6.07, 6.45) is 15.6. The molecule has 5 heteroatoms. The predicted molar refractivity (Wildman–Crippen MR) is 146 cm³/mol. The number of carbonyl (C=O) groups is 1. The maximum Gasteiger partial charge on any atom is 0.305 e. The fraction of sp³-hybridized carbons (Fsp3) is 0.581. The summed E-state index contributed by atoms with van der Waals surface area (Å²) >= 11 is 0. The number of benzene rings is 1. The number of ether oxygens (including phenoxy) is 3. The Morgan fingerprint density at radius 1 is 0.972 bits per heavy atom. The number of phenolic OH excluding ortho intramolecular Hbond substituents is 1. The molecule has 0 saturated carbocycles. The third kappa shape index (κ3) is 10.2. The molecular formula is C31H46O5. The minimum Gasteiger partial charge on any atom is -0.507 e. The molecule has 1 heterocycles. The van der Waals surface area contributed by atoms with E-state index in [2.05, 4.69) is 39.0 Å². The average molecular weight is 499 g/mol. The van der Waals surface area contributed by atoms with Crippen LogP contribution in [0, 0.1) is 13.8 Å². The van der Waals surface area contributed by atoms with E-state index in [9.17, 15) is 9.90 Å². The van der Waals surface area contributed by atoms with Gasteiger partial charge in [0.1, 0.15) is 11.5 Å². The van der Waals surface area contributed by atoms with Crippen molar-refractivity contribution in [2.24, 2.45) is 0 Å². The van der Waals surface area contributed by atoms with E-state index in [0.717, 1.165) is 80.4 Å². The van der Waals surface area contributed by atoms with Crippen LogP contribution in [0.15, 0.2) is 41.0 Å². The molecule has 1 aromatic rings. The van der Waals surface area contributed by atoms with Crippen molar-refractivity contribution in [2.75, 3.05) is 13.7 Å². The van der Waals surface area contributed by atoms with Crippen molar-refractivity contribution >= 4 is 5.97 Å². The molecule has 5 nitrogen and oxygen atoms in total. The van der Waals surface area contributed by atoms with Crippen molar-refractivity contribution in [3.63, 3.8) is 0 Å². The van der Waals surface area contributed by atoms with Crippen molar-refractivity contribution in [3.8, 4) is 11.5 Å². The van der Waals surface area contributed by atoms with Crippen LogP contribution in [0.25, 0.3) is 0 Å². The number of methoxy groups -OCH3 is 1. The Morgan fingerprint density at radius 2 is 1.61 bits per heavy atom. The highest BCUT2D eigenvalue weighted by Gasteiger charge is 2.19. The Balaban J connectivity index is 1.85. The highest BCUT2D eigenvalue weighted by atomic mass is 16.7. The predicted octanol–water partition coefficient (Wildman–Crippen LogP) is 7.81. The summed E-state index contributed by atoms with van der Waals surface area (Å²) < 4.78 is 16.6. The first-order chi connectivity index (χ1) is 17.2. The van der Waals surface area contributed by atoms with E-state index < -0.39 is 0 Å². The minimum atomic E-state index is -0.194. The molecule has 0 aromatic heterocycles. The van der Waals surface area contributed by atoms with Gasteiger partial charge in [0, 0.05) is 18.4 Å². The van der Waals surface area contributed by atoms with Gasteiger partial charge in [-0.2, -0.15) is 0 Å². The normalized spacial score (nSPS) is 17.3. The van der Waals surface area contributed by atoms with E-state index in [1.165, 1.54) is 23.8 Å². The number of rotatable bonds is 13. The Morgan fingerprint density at radius 3 is 2.22 bits per heavy atom. The van der Waals surface area contributed by atoms with Crippen LogP contribution in [0.5, 0.6) is 11.5 Å². The molecule has 1 atom stereocenters. The molecular weight excluding hydrogens is 452 g/mol. The molecule has 1 aliphatic heterocycles. The summed E-state index contributed by atoms with van der Waals surface area (Å²) in [6.45, 7) is 11.1. The van der Waals surface area contributed by atoms with Gasteiger partial charge in [-0.05, 0) is 103 Å². The van der Waals surface area contributed by atoms with Crippen molar-refractivity contribution < 1.29 is 24.1 Å². The minimum absolute atomic E-state index is 0.155. The third-order valence-corrected chi connectivity index (χ3v) is 6.98. The van der Waals surface area contributed by atoms with Crippen LogP contribution < -0.4 is 4.74 Å². The quantitative estimate of drug-likeness (QED) is 0.222. The second kappa shape index (κ2) is 15.6. The summed E-state index contributed by atoms with van der Waals surface area (Å²) in [6, 6.07) is 1.98. The summed E-state index contributed by atoms with van der Waals surface area (Å²) in [5, 5.41) is 10.7. The lowest BCUT2D eigenvalue weighted by Gasteiger charge is -2.25. The van der Waals surface area contributed by atoms with Gasteiger partial charge in [-0.25, -0.2) is 0 Å². The van der Waals surface area contributed by atoms with Crippen LogP contribution in [0.1, 0.15) is 95.2 Å². The van der Waals surface area contributed by atoms with Gasteiger partial charge >= 0.3 is 5.97 Å². The van der Waals surface area contributed by atoms with Crippen LogP contribution in [0.2, 0.25) is 0 Å². The Kier molecular flexibility index (Phi) is 12.8. The van der Waals surface area contributed by atoms with E-state index in [-0.39, 0.29) is 12.3 Å². The van der Waals surface area contributed by atoms with E-state index >= 15 is 0 Å². The largest absolute Gasteiger partial charge is 0.507 e. The molecule has 1 N–H and O–H groups in total. The molecule has 0 aliphatic carbocycles. The average Bonchev–Trinajstić information content (AvgIpc) is 2.87. The number of phenols is 1. The lowest BCUT2D eigenvalue weighted by atomic mass is 9.99. The van der Waals surface area contributed by atoms with E-state index in [4.69, 9.17) is 14.2 Å². The summed E-state index contributed by atoms with van der Waals surface area (Å²) in [5.74, 6) is 1.02. The van der Waals surface area contributed by atoms with Crippen LogP contribution >= 0.6 is 0 Å². The molecule has 0 spiro atoms. The van der Waals surface area contributed by atoms with Gasteiger partial charge in [-0.1, -0.05) is 34.9 Å². The maximum absolute atomic E-state index is 11.2. The first-order valence-electron chi connectivity index (χ1n) is 13.3. The lowest BCUT2D eigenvalue weighted by molar-refractivity contribution is -0.140. The maximum atomic E-state index is 11.2. The molecule has 1 unspecified atom stereocenters. The second-order valence-corrected chi connectivity index (χ2v) is 10.1. The number of esters is 1. The monoisotopic (exact) mass is 498 g/mol. The van der Waals surface area contributed by atoms with Gasteiger partial charge in [0.25, 0.3) is 0 Å². The number of allylic oxidation sites excluding steroid dienone is 6. The van der Waals surface area contributed by atoms with E-state index in [1.807, 2.05) is 19.9 Å². The number of hydrogen-bond acceptors (Lipinski definition) is 5. The highest BCUT2D eigenvalue weighted by molar-refractivity contribution is 5.69. The van der Waals surface area contributed by atoms with Crippen molar-refractivity contribution in [2.45, 2.75) is 105 Å². The SMILES string of the molecule is COC(=O)CC/C(C)=C/CC/C(C)=C/CC/C(C)=C\Cc1cc(OC2CCCCO2)c(C)c(C)c1O. The van der Waals surface area contributed by atoms with Crippen molar-refractivity contribution in [3.05, 3.63) is 57.7 Å². The number of hydrogen-bond donors (Lipinski definition) is 1. The van der Waals surface area contributed by atoms with Crippen LogP contribution in [0.4, 0.5) is 0 Å². The van der Waals surface area contributed by atoms with Gasteiger partial charge in [0.05, 0.1) is 13.7 Å². The zero-order valence-electron chi connectivity index (χ0n) is 23.2. The standard InChI is InChI=1S/C31H46O5/c1-22(12-10-14-24(3)17-19-29(32)34-6)11-9-13-23(2)16-18-27-21-28(25(4)26(5)31(27)33)36-30-15-7-8-20-35-30/h11,14,16,21,30,33H,7-10,12-13,15,17-20H2,1-6H3/b22-11+,23-16-,24-14+. The van der Waals surface area contributed by atoms with Crippen LogP contribution in [-0.4, -0.2) is 31.1 Å². The topological polar surface area (TPSA) is 65.0 Å². The number of carbonyl (C=O) groups excluding carboxylic acids is 1. The molecule has 0 radical (unpaired) electrons. The Bertz CT molecular complexity index is 948. The van der Waals surface area contributed by atoms with Crippen molar-refractivity contribution in [1.82, 2.24) is 0 Å². The number of aromatic hydroxyl groups is 1. The second-order valence-electron chi connectivity index (χ2n) is 10.1. The fourth-order valence-corrected chi connectivity index (χ4v) is 4.25. The summed E-state index contributed by atoms with van der Waals surface area (Å²) in [7, 11) is 1.43. The third-order valence-electron chi connectivity index (χ3n) is 6.98. The Labute approximate surface area is 218 Å². The van der Waals surface area contributed by atoms with Gasteiger partial charge < -0.3 is 19.3 Å². The van der Waals surface area contributed by atoms with Crippen molar-refractivity contribution in [1.29, 1.82) is 0 Å². The smallest absolute Gasteiger partial charge is 0.305 e. The van der Waals surface area contributed by atoms with Gasteiger partial charge in [0.15, 0.2) is 6.29 Å². The molecule has 1 saturated heterocycles. The first-order valence-corrected chi connectivity index (χ1v) is 13.3. The Hall–Kier alpha value is -2.53. The zero-order valence-corrected chi connectivity index (χ0v) is 23.2. The summed E-state index contributed by atoms with van der Waals surface area (Å²) in [4.78, 5) is 11.2. The molecule has 0 bridgehead atoms. The van der Waals surface area contributed by atoms with Crippen LogP contribution in [0.3, 0.4) is 0 Å². The molecule has 1 aromatic carbocycles. The molecule has 1 fully saturated rings. The molecule has 200 valence electrons. The van der Waals surface area contributed by atoms with Crippen LogP contribution in [-0.2, 0) is 20.7 Å². The van der Waals surface area contributed by atoms with Gasteiger partial charge in [-0.3, -0.25) is 4.79 Å². The first kappa shape index (κ1) is 29.7. The molecule has 2 rings (SSSR count). The highest BCUT2D eigenvalue weighted by Crippen LogP contribution is 2.34. The summed E-state index contributed by atoms with van der Waals surface area (Å²) in [5.41, 5.74) is 6.68. The molecule has 1 aliphatic rings. The van der Waals surface area contributed by atoms with E-state index in [0.29, 0.717) is 18.6 Å². The molecule has 0 amide bonds. The molecule has 36 heavy (non-hydrogen) atoms. The fourth-order valence-electron chi connectivity index (χ4n) is 4.25. The van der Waals surface area contributed by atoms with Gasteiger partial charge in [-0.15, -0.1) is 0 Å². The zero-order chi connectivity index (χ0) is 26.5. The van der Waals surface area contributed by atoms with E-state index in [1.54, 1.807) is 0 Å².